The fourth-order valence-corrected chi connectivity index (χ4v) is 2.73. The molecular formula is C25H43BrN4O7. The van der Waals surface area contributed by atoms with Gasteiger partial charge in [0.2, 0.25) is 0 Å². The van der Waals surface area contributed by atoms with Crippen molar-refractivity contribution >= 4 is 45.6 Å². The Bertz CT molecular complexity index is 864. The number of alkyl halides is 1. The zero-order valence-corrected chi connectivity index (χ0v) is 24.7. The van der Waals surface area contributed by atoms with E-state index in [-0.39, 0.29) is 35.8 Å². The minimum Gasteiger partial charge on any atom is -0.466 e. The first-order valence-electron chi connectivity index (χ1n) is 12.3. The van der Waals surface area contributed by atoms with Gasteiger partial charge in [-0.15, -0.1) is 0 Å². The number of rotatable bonds is 11. The molecule has 0 unspecified atom stereocenters. The van der Waals surface area contributed by atoms with E-state index < -0.39 is 17.7 Å². The van der Waals surface area contributed by atoms with Gasteiger partial charge in [0.25, 0.3) is 0 Å². The Balaban J connectivity index is 0. The maximum absolute atomic E-state index is 12.3. The van der Waals surface area contributed by atoms with Gasteiger partial charge in [0.1, 0.15) is 17.8 Å². The first-order valence-corrected chi connectivity index (χ1v) is 13.4. The zero-order chi connectivity index (χ0) is 29.0. The van der Waals surface area contributed by atoms with E-state index in [9.17, 15) is 19.2 Å². The van der Waals surface area contributed by atoms with Gasteiger partial charge in [0, 0.05) is 19.0 Å². The lowest BCUT2D eigenvalue weighted by Gasteiger charge is -2.21. The third-order valence-corrected chi connectivity index (χ3v) is 4.53. The Labute approximate surface area is 228 Å². The summed E-state index contributed by atoms with van der Waals surface area (Å²) in [5, 5.41) is 6.89. The highest BCUT2D eigenvalue weighted by Crippen LogP contribution is 2.15. The highest BCUT2D eigenvalue weighted by molar-refractivity contribution is 9.09. The number of aromatic nitrogens is 2. The molecule has 0 saturated heterocycles. The van der Waals surface area contributed by atoms with E-state index in [2.05, 4.69) is 25.7 Å². The number of Topliss-reactive ketones (excluding diaryl/α,β-unsaturated/α-hetero) is 1. The van der Waals surface area contributed by atoms with E-state index in [0.717, 1.165) is 19.3 Å². The number of hydrogen-bond donors (Lipinski definition) is 2. The summed E-state index contributed by atoms with van der Waals surface area (Å²) < 4.78 is 16.2. The van der Waals surface area contributed by atoms with Gasteiger partial charge in [0.05, 0.1) is 36.5 Å². The number of halogens is 1. The number of carbonyl (C=O) groups excluding carboxylic acids is 4. The number of nitrogens with two attached hydrogens (primary N) is 1. The molecule has 0 bridgehead atoms. The molecule has 11 nitrogen and oxygen atoms in total. The number of nitrogens with zero attached hydrogens (tertiary/aromatic N) is 2. The lowest BCUT2D eigenvalue weighted by Crippen LogP contribution is -2.29. The quantitative estimate of drug-likeness (QED) is 0.0951. The number of esters is 2. The zero-order valence-electron chi connectivity index (χ0n) is 23.1. The van der Waals surface area contributed by atoms with Gasteiger partial charge in [-0.05, 0) is 47.5 Å². The number of carbonyl (C=O) groups is 4. The number of imidazole rings is 1. The van der Waals surface area contributed by atoms with Crippen LogP contribution in [-0.2, 0) is 41.4 Å². The standard InChI is InChI=1S/C15H24N2O4.C6H9BrO3.C4H10N2/c1-6-8-12-16-10-11(9-13(18)20-7-2)17(12)14(19)21-15(3,4)5;1-2-10-6(9)3-5(8)4-7;1-2-3-4(5)6/h10H,6-9H2,1-5H3;2-4H2,1H3;2-3H2,1H3,(H3,5,6). The van der Waals surface area contributed by atoms with Crippen molar-refractivity contribution in [3.05, 3.63) is 17.7 Å². The van der Waals surface area contributed by atoms with Crippen molar-refractivity contribution in [2.24, 2.45) is 5.73 Å². The van der Waals surface area contributed by atoms with Crippen LogP contribution in [0.3, 0.4) is 0 Å². The lowest BCUT2D eigenvalue weighted by atomic mass is 10.2. The Kier molecular flexibility index (Phi) is 20.0. The third kappa shape index (κ3) is 19.1. The van der Waals surface area contributed by atoms with Crippen molar-refractivity contribution in [2.75, 3.05) is 18.5 Å². The molecule has 37 heavy (non-hydrogen) atoms. The summed E-state index contributed by atoms with van der Waals surface area (Å²) in [5.41, 5.74) is 4.87. The highest BCUT2D eigenvalue weighted by atomic mass is 79.9. The summed E-state index contributed by atoms with van der Waals surface area (Å²) in [4.78, 5) is 49.3. The van der Waals surface area contributed by atoms with Gasteiger partial charge >= 0.3 is 18.0 Å². The fourth-order valence-electron chi connectivity index (χ4n) is 2.53. The molecule has 212 valence electrons. The maximum atomic E-state index is 12.3. The summed E-state index contributed by atoms with van der Waals surface area (Å²) in [6.07, 6.45) is 4.10. The third-order valence-electron chi connectivity index (χ3n) is 3.90. The molecule has 1 heterocycles. The molecule has 0 saturated carbocycles. The van der Waals surface area contributed by atoms with Crippen molar-refractivity contribution in [3.8, 4) is 0 Å². The average Bonchev–Trinajstić information content (AvgIpc) is 3.16. The Hall–Kier alpha value is -2.76. The van der Waals surface area contributed by atoms with E-state index in [1.54, 1.807) is 34.6 Å². The maximum Gasteiger partial charge on any atom is 0.420 e. The van der Waals surface area contributed by atoms with E-state index in [1.807, 2.05) is 13.8 Å². The molecule has 3 N–H and O–H groups in total. The second-order valence-electron chi connectivity index (χ2n) is 8.64. The summed E-state index contributed by atoms with van der Waals surface area (Å²) in [5.74, 6) is -0.0980. The molecule has 0 radical (unpaired) electrons. The van der Waals surface area contributed by atoms with Gasteiger partial charge in [0.15, 0.2) is 5.78 Å². The minimum absolute atomic E-state index is 0.00377. The lowest BCUT2D eigenvalue weighted by molar-refractivity contribution is -0.145. The topological polar surface area (TPSA) is 164 Å². The van der Waals surface area contributed by atoms with Gasteiger partial charge in [-0.1, -0.05) is 29.8 Å². The van der Waals surface area contributed by atoms with Gasteiger partial charge in [-0.2, -0.15) is 0 Å². The molecule has 0 aliphatic carbocycles. The summed E-state index contributed by atoms with van der Waals surface area (Å²) in [6.45, 7) is 13.5. The Morgan fingerprint density at radius 3 is 2.00 bits per heavy atom. The largest absolute Gasteiger partial charge is 0.466 e. The van der Waals surface area contributed by atoms with Crippen LogP contribution >= 0.6 is 15.9 Å². The SMILES string of the molecule is CCCC(=N)N.CCCc1ncc(CC(=O)OCC)n1C(=O)OC(C)(C)C.CCOC(=O)CC(=O)CBr. The van der Waals surface area contributed by atoms with Crippen LogP contribution in [0.25, 0.3) is 0 Å². The smallest absolute Gasteiger partial charge is 0.420 e. The Morgan fingerprint density at radius 1 is 1.03 bits per heavy atom. The summed E-state index contributed by atoms with van der Waals surface area (Å²) >= 11 is 2.94. The van der Waals surface area contributed by atoms with Crippen molar-refractivity contribution < 1.29 is 33.4 Å². The summed E-state index contributed by atoms with van der Waals surface area (Å²) in [6, 6.07) is 0. The van der Waals surface area contributed by atoms with E-state index in [4.69, 9.17) is 20.6 Å². The molecule has 0 fully saturated rings. The van der Waals surface area contributed by atoms with E-state index in [0.29, 0.717) is 31.2 Å². The van der Waals surface area contributed by atoms with Crippen LogP contribution in [0.2, 0.25) is 0 Å². The van der Waals surface area contributed by atoms with Gasteiger partial charge < -0.3 is 19.9 Å². The van der Waals surface area contributed by atoms with Crippen molar-refractivity contribution in [2.45, 2.75) is 92.6 Å². The van der Waals surface area contributed by atoms with Crippen LogP contribution in [0.5, 0.6) is 0 Å². The predicted octanol–water partition coefficient (Wildman–Crippen LogP) is 4.35. The number of ether oxygens (including phenoxy) is 3. The molecule has 0 aromatic carbocycles. The first kappa shape index (κ1) is 36.4. The normalized spacial score (nSPS) is 10.2. The van der Waals surface area contributed by atoms with Gasteiger partial charge in [-0.3, -0.25) is 19.8 Å². The average molecular weight is 592 g/mol. The molecule has 1 aromatic heterocycles. The molecular weight excluding hydrogens is 548 g/mol. The number of amidine groups is 1. The number of ketones is 1. The number of hydrogen-bond acceptors (Lipinski definition) is 9. The molecule has 0 aliphatic rings. The monoisotopic (exact) mass is 590 g/mol. The summed E-state index contributed by atoms with van der Waals surface area (Å²) in [7, 11) is 0. The highest BCUT2D eigenvalue weighted by Gasteiger charge is 2.24. The van der Waals surface area contributed by atoms with Crippen LogP contribution in [0.1, 0.15) is 85.7 Å². The van der Waals surface area contributed by atoms with Crippen LogP contribution in [-0.4, -0.2) is 63.3 Å². The first-order chi connectivity index (χ1) is 17.3. The van der Waals surface area contributed by atoms with Gasteiger partial charge in [-0.25, -0.2) is 14.3 Å². The number of aryl methyl sites for hydroxylation is 1. The molecule has 1 rings (SSSR count). The van der Waals surface area contributed by atoms with Crippen molar-refractivity contribution in [1.29, 1.82) is 5.41 Å². The molecule has 0 spiro atoms. The predicted molar refractivity (Wildman–Crippen MR) is 145 cm³/mol. The molecule has 0 amide bonds. The van der Waals surface area contributed by atoms with Crippen molar-refractivity contribution in [1.82, 2.24) is 9.55 Å². The Morgan fingerprint density at radius 2 is 1.59 bits per heavy atom. The molecule has 12 heteroatoms. The second-order valence-corrected chi connectivity index (χ2v) is 9.20. The molecule has 0 aliphatic heterocycles. The van der Waals surface area contributed by atoms with Crippen LogP contribution < -0.4 is 5.73 Å². The van der Waals surface area contributed by atoms with Crippen LogP contribution in [0, 0.1) is 5.41 Å². The number of nitrogens with one attached hydrogen (secondary N) is 1. The van der Waals surface area contributed by atoms with Crippen LogP contribution in [0.4, 0.5) is 4.79 Å². The van der Waals surface area contributed by atoms with Crippen molar-refractivity contribution in [3.63, 3.8) is 0 Å². The fraction of sp³-hybridized carbons (Fsp3) is 0.680. The van der Waals surface area contributed by atoms with E-state index >= 15 is 0 Å². The van der Waals surface area contributed by atoms with Crippen LogP contribution in [0.15, 0.2) is 6.20 Å². The second kappa shape index (κ2) is 20.3. The minimum atomic E-state index is -0.605. The molecule has 0 atom stereocenters. The molecule has 1 aromatic rings. The van der Waals surface area contributed by atoms with E-state index in [1.165, 1.54) is 10.8 Å².